The number of carbonyl (C=O) groups is 1. The number of halogens is 1. The molecule has 0 spiro atoms. The molecule has 0 aliphatic heterocycles. The van der Waals surface area contributed by atoms with E-state index < -0.39 is 4.92 Å². The van der Waals surface area contributed by atoms with Gasteiger partial charge in [0.15, 0.2) is 5.16 Å². The zero-order chi connectivity index (χ0) is 23.1. The first-order chi connectivity index (χ1) is 15.3. The highest BCUT2D eigenvalue weighted by Gasteiger charge is 2.12. The second-order valence-corrected chi connectivity index (χ2v) is 8.34. The number of nitrogens with one attached hydrogen (secondary N) is 1. The Labute approximate surface area is 194 Å². The Morgan fingerprint density at radius 2 is 2.00 bits per heavy atom. The van der Waals surface area contributed by atoms with Gasteiger partial charge in [-0.05, 0) is 49.2 Å². The Hall–Kier alpha value is -3.11. The third-order valence-electron chi connectivity index (χ3n) is 4.56. The second-order valence-electron chi connectivity index (χ2n) is 6.96. The van der Waals surface area contributed by atoms with Gasteiger partial charge in [0.05, 0.1) is 17.3 Å². The molecule has 0 bridgehead atoms. The van der Waals surface area contributed by atoms with E-state index in [1.807, 2.05) is 30.7 Å². The highest BCUT2D eigenvalue weighted by Crippen LogP contribution is 2.22. The van der Waals surface area contributed by atoms with Crippen molar-refractivity contribution >= 4 is 40.6 Å². The molecule has 1 amide bonds. The van der Waals surface area contributed by atoms with Crippen LogP contribution in [0.4, 0.5) is 11.4 Å². The maximum Gasteiger partial charge on any atom is 0.269 e. The van der Waals surface area contributed by atoms with Crippen LogP contribution in [0.2, 0.25) is 5.02 Å². The zero-order valence-corrected chi connectivity index (χ0v) is 19.2. The normalized spacial score (nSPS) is 10.7. The summed E-state index contributed by atoms with van der Waals surface area (Å²) in [5.74, 6) is 1.52. The van der Waals surface area contributed by atoms with Crippen molar-refractivity contribution in [3.8, 4) is 5.75 Å². The number of amides is 1. The largest absolute Gasteiger partial charge is 0.493 e. The van der Waals surface area contributed by atoms with Gasteiger partial charge >= 0.3 is 0 Å². The van der Waals surface area contributed by atoms with E-state index in [1.54, 1.807) is 6.07 Å². The van der Waals surface area contributed by atoms with Crippen LogP contribution in [0.5, 0.6) is 5.75 Å². The number of carbonyl (C=O) groups excluding carboxylic acids is 1. The van der Waals surface area contributed by atoms with E-state index in [4.69, 9.17) is 16.3 Å². The molecule has 3 rings (SSSR count). The van der Waals surface area contributed by atoms with Crippen molar-refractivity contribution in [3.05, 3.63) is 69.0 Å². The minimum absolute atomic E-state index is 0.0299. The molecular formula is C21H22ClN5O4S. The zero-order valence-electron chi connectivity index (χ0n) is 17.6. The summed E-state index contributed by atoms with van der Waals surface area (Å²) in [5.41, 5.74) is 1.45. The van der Waals surface area contributed by atoms with Gasteiger partial charge in [0, 0.05) is 36.3 Å². The van der Waals surface area contributed by atoms with Gasteiger partial charge in [0.25, 0.3) is 5.69 Å². The van der Waals surface area contributed by atoms with Crippen molar-refractivity contribution in [1.29, 1.82) is 0 Å². The fourth-order valence-electron chi connectivity index (χ4n) is 2.87. The van der Waals surface area contributed by atoms with E-state index in [9.17, 15) is 14.9 Å². The van der Waals surface area contributed by atoms with Gasteiger partial charge in [-0.25, -0.2) is 0 Å². The Bertz CT molecular complexity index is 1100. The number of rotatable bonds is 10. The molecule has 0 atom stereocenters. The second kappa shape index (κ2) is 11.0. The average Bonchev–Trinajstić information content (AvgIpc) is 3.11. The molecule has 2 aromatic carbocycles. The van der Waals surface area contributed by atoms with E-state index in [2.05, 4.69) is 15.5 Å². The Morgan fingerprint density at radius 3 is 2.69 bits per heavy atom. The maximum atomic E-state index is 12.2. The van der Waals surface area contributed by atoms with Crippen LogP contribution in [0.25, 0.3) is 0 Å². The van der Waals surface area contributed by atoms with Crippen LogP contribution < -0.4 is 10.1 Å². The molecule has 11 heteroatoms. The number of anilines is 1. The predicted octanol–water partition coefficient (Wildman–Crippen LogP) is 4.43. The first kappa shape index (κ1) is 23.6. The predicted molar refractivity (Wildman–Crippen MR) is 123 cm³/mol. The summed E-state index contributed by atoms with van der Waals surface area (Å²) in [6, 6.07) is 11.2. The van der Waals surface area contributed by atoms with E-state index in [0.717, 1.165) is 23.6 Å². The molecule has 0 saturated heterocycles. The Kier molecular flexibility index (Phi) is 8.07. The molecule has 32 heavy (non-hydrogen) atoms. The van der Waals surface area contributed by atoms with E-state index >= 15 is 0 Å². The molecule has 0 aliphatic carbocycles. The van der Waals surface area contributed by atoms with Crippen molar-refractivity contribution in [3.63, 3.8) is 0 Å². The molecule has 1 N–H and O–H groups in total. The third kappa shape index (κ3) is 6.44. The highest BCUT2D eigenvalue weighted by molar-refractivity contribution is 7.99. The molecule has 1 heterocycles. The SMILES string of the molecule is Cc1cc(Cl)ccc1OCCCc1nnc(SCC(=O)Nc2ccc([N+](=O)[O-])cc2)n1C. The lowest BCUT2D eigenvalue weighted by Gasteiger charge is -2.09. The van der Waals surface area contributed by atoms with Gasteiger partial charge in [-0.3, -0.25) is 14.9 Å². The maximum absolute atomic E-state index is 12.2. The van der Waals surface area contributed by atoms with Gasteiger partial charge in [-0.2, -0.15) is 0 Å². The summed E-state index contributed by atoms with van der Waals surface area (Å²) in [5, 5.41) is 23.1. The minimum Gasteiger partial charge on any atom is -0.493 e. The fourth-order valence-corrected chi connectivity index (χ4v) is 3.83. The number of hydrogen-bond donors (Lipinski definition) is 1. The number of hydrogen-bond acceptors (Lipinski definition) is 7. The lowest BCUT2D eigenvalue weighted by molar-refractivity contribution is -0.384. The van der Waals surface area contributed by atoms with Gasteiger partial charge in [-0.1, -0.05) is 23.4 Å². The monoisotopic (exact) mass is 475 g/mol. The van der Waals surface area contributed by atoms with Crippen LogP contribution in [0, 0.1) is 17.0 Å². The van der Waals surface area contributed by atoms with E-state index in [-0.39, 0.29) is 17.3 Å². The summed E-state index contributed by atoms with van der Waals surface area (Å²) in [4.78, 5) is 22.4. The number of non-ortho nitro benzene ring substituents is 1. The van der Waals surface area contributed by atoms with E-state index in [0.29, 0.717) is 28.9 Å². The fraction of sp³-hybridized carbons (Fsp3) is 0.286. The summed E-state index contributed by atoms with van der Waals surface area (Å²) in [7, 11) is 1.86. The molecule has 9 nitrogen and oxygen atoms in total. The van der Waals surface area contributed by atoms with Gasteiger partial charge < -0.3 is 14.6 Å². The van der Waals surface area contributed by atoms with Crippen molar-refractivity contribution in [2.45, 2.75) is 24.9 Å². The van der Waals surface area contributed by atoms with Crippen LogP contribution in [0.1, 0.15) is 17.8 Å². The number of aromatic nitrogens is 3. The average molecular weight is 476 g/mol. The summed E-state index contributed by atoms with van der Waals surface area (Å²) in [6.07, 6.45) is 1.45. The summed E-state index contributed by atoms with van der Waals surface area (Å²) >= 11 is 7.22. The summed E-state index contributed by atoms with van der Waals surface area (Å²) in [6.45, 7) is 2.49. The smallest absolute Gasteiger partial charge is 0.269 e. The Morgan fingerprint density at radius 1 is 1.25 bits per heavy atom. The van der Waals surface area contributed by atoms with Crippen LogP contribution in [0.3, 0.4) is 0 Å². The molecule has 0 saturated carbocycles. The number of nitrogens with zero attached hydrogens (tertiary/aromatic N) is 4. The number of aryl methyl sites for hydroxylation is 2. The van der Waals surface area contributed by atoms with Crippen molar-refractivity contribution in [2.24, 2.45) is 7.05 Å². The van der Waals surface area contributed by atoms with Gasteiger partial charge in [0.1, 0.15) is 11.6 Å². The standard InChI is InChI=1S/C21H22ClN5O4S/c1-14-12-15(22)5-10-18(14)31-11-3-4-19-24-25-21(26(19)2)32-13-20(28)23-16-6-8-17(9-7-16)27(29)30/h5-10,12H,3-4,11,13H2,1-2H3,(H,23,28). The third-order valence-corrected chi connectivity index (χ3v) is 5.81. The number of thioether (sulfide) groups is 1. The first-order valence-electron chi connectivity index (χ1n) is 9.78. The number of nitro groups is 1. The van der Waals surface area contributed by atoms with Gasteiger partial charge in [-0.15, -0.1) is 10.2 Å². The molecule has 0 fully saturated rings. The van der Waals surface area contributed by atoms with Crippen LogP contribution in [-0.4, -0.2) is 38.0 Å². The first-order valence-corrected chi connectivity index (χ1v) is 11.1. The Balaban J connectivity index is 1.43. The van der Waals surface area contributed by atoms with Gasteiger partial charge in [0.2, 0.25) is 5.91 Å². The number of ether oxygens (including phenoxy) is 1. The quantitative estimate of drug-likeness (QED) is 0.200. The summed E-state index contributed by atoms with van der Waals surface area (Å²) < 4.78 is 7.66. The molecule has 0 unspecified atom stereocenters. The van der Waals surface area contributed by atoms with Crippen LogP contribution in [-0.2, 0) is 18.3 Å². The molecule has 0 aliphatic rings. The number of benzene rings is 2. The molecule has 3 aromatic rings. The van der Waals surface area contributed by atoms with E-state index in [1.165, 1.54) is 36.0 Å². The molecule has 168 valence electrons. The molecular weight excluding hydrogens is 454 g/mol. The lowest BCUT2D eigenvalue weighted by Crippen LogP contribution is -2.14. The molecule has 1 aromatic heterocycles. The minimum atomic E-state index is -0.488. The van der Waals surface area contributed by atoms with Crippen molar-refractivity contribution < 1.29 is 14.5 Å². The highest BCUT2D eigenvalue weighted by atomic mass is 35.5. The lowest BCUT2D eigenvalue weighted by atomic mass is 10.2. The van der Waals surface area contributed by atoms with Crippen LogP contribution >= 0.6 is 23.4 Å². The molecule has 0 radical (unpaired) electrons. The topological polar surface area (TPSA) is 112 Å². The van der Waals surface area contributed by atoms with Crippen LogP contribution in [0.15, 0.2) is 47.6 Å². The number of nitro benzene ring substituents is 1. The van der Waals surface area contributed by atoms with Crippen molar-refractivity contribution in [1.82, 2.24) is 14.8 Å². The van der Waals surface area contributed by atoms with Crippen molar-refractivity contribution in [2.75, 3.05) is 17.7 Å².